The van der Waals surface area contributed by atoms with Gasteiger partial charge in [-0.15, -0.1) is 0 Å². The average molecular weight is 379 g/mol. The van der Waals surface area contributed by atoms with Gasteiger partial charge in [-0.3, -0.25) is 9.59 Å². The Balaban J connectivity index is 2.01. The summed E-state index contributed by atoms with van der Waals surface area (Å²) in [5, 5.41) is 0.483. The molecule has 146 valence electrons. The van der Waals surface area contributed by atoms with Gasteiger partial charge < -0.3 is 14.9 Å². The molecule has 5 heteroatoms. The lowest BCUT2D eigenvalue weighted by atomic mass is 9.92. The van der Waals surface area contributed by atoms with Crippen molar-refractivity contribution < 1.29 is 13.9 Å². The zero-order valence-electron chi connectivity index (χ0n) is 16.2. The number of esters is 1. The number of hydrogen-bond donors (Lipinski definition) is 1. The van der Waals surface area contributed by atoms with Crippen LogP contribution in [0.4, 0.5) is 5.69 Å². The maximum Gasteiger partial charge on any atom is 0.313 e. The predicted octanol–water partition coefficient (Wildman–Crippen LogP) is 4.88. The van der Waals surface area contributed by atoms with Gasteiger partial charge in [0.25, 0.3) is 0 Å². The van der Waals surface area contributed by atoms with E-state index in [0.717, 1.165) is 24.0 Å². The molecule has 0 bridgehead atoms. The first-order valence-corrected chi connectivity index (χ1v) is 9.63. The number of nitrogen functional groups attached to an aromatic ring is 1. The maximum atomic E-state index is 12.9. The van der Waals surface area contributed by atoms with E-state index in [4.69, 9.17) is 14.9 Å². The van der Waals surface area contributed by atoms with Crippen molar-refractivity contribution in [2.75, 3.05) is 12.3 Å². The number of benzene rings is 2. The number of nitrogens with two attached hydrogens (primary N) is 1. The van der Waals surface area contributed by atoms with Gasteiger partial charge in [-0.1, -0.05) is 38.0 Å². The second-order valence-corrected chi connectivity index (χ2v) is 6.80. The summed E-state index contributed by atoms with van der Waals surface area (Å²) in [5.41, 5.74) is 8.75. The summed E-state index contributed by atoms with van der Waals surface area (Å²) >= 11 is 0. The number of carbonyl (C=O) groups excluding carboxylic acids is 1. The van der Waals surface area contributed by atoms with Crippen molar-refractivity contribution in [3.05, 3.63) is 64.5 Å². The molecule has 0 spiro atoms. The first-order valence-electron chi connectivity index (χ1n) is 9.63. The van der Waals surface area contributed by atoms with Gasteiger partial charge in [0.05, 0.1) is 23.5 Å². The van der Waals surface area contributed by atoms with E-state index in [2.05, 4.69) is 6.92 Å². The molecule has 1 aromatic heterocycles. The van der Waals surface area contributed by atoms with Crippen molar-refractivity contribution in [1.29, 1.82) is 0 Å². The second kappa shape index (κ2) is 8.74. The number of carbonyl (C=O) groups is 1. The van der Waals surface area contributed by atoms with E-state index in [1.165, 1.54) is 6.26 Å². The van der Waals surface area contributed by atoms with Gasteiger partial charge in [0.15, 0.2) is 5.43 Å². The number of unbranched alkanes of at least 4 members (excludes halogenated alkanes) is 1. The van der Waals surface area contributed by atoms with Crippen LogP contribution >= 0.6 is 0 Å². The second-order valence-electron chi connectivity index (χ2n) is 6.80. The van der Waals surface area contributed by atoms with E-state index in [9.17, 15) is 9.59 Å². The van der Waals surface area contributed by atoms with E-state index < -0.39 is 0 Å². The highest BCUT2D eigenvalue weighted by Crippen LogP contribution is 2.28. The molecule has 2 aromatic carbocycles. The third-order valence-corrected chi connectivity index (χ3v) is 4.84. The summed E-state index contributed by atoms with van der Waals surface area (Å²) in [6, 6.07) is 12.4. The Hall–Kier alpha value is -3.08. The molecular weight excluding hydrogens is 354 g/mol. The summed E-state index contributed by atoms with van der Waals surface area (Å²) in [4.78, 5) is 25.3. The van der Waals surface area contributed by atoms with Crippen molar-refractivity contribution in [2.45, 2.75) is 39.0 Å². The quantitative estimate of drug-likeness (QED) is 0.467. The fraction of sp³-hybridized carbons (Fsp3) is 0.304. The van der Waals surface area contributed by atoms with Crippen LogP contribution in [0, 0.1) is 0 Å². The van der Waals surface area contributed by atoms with Crippen LogP contribution in [0.5, 0.6) is 0 Å². The SMILES string of the molecule is CCCCC(C(=O)OCC)c1ccc2c(=O)c(-c3ccc(N)cc3)coc2c1. The Kier molecular flexibility index (Phi) is 6.14. The van der Waals surface area contributed by atoms with Crippen LogP contribution in [0.15, 0.2) is 57.9 Å². The Morgan fingerprint density at radius 2 is 1.89 bits per heavy atom. The molecule has 5 nitrogen and oxygen atoms in total. The van der Waals surface area contributed by atoms with Crippen molar-refractivity contribution >= 4 is 22.6 Å². The fourth-order valence-corrected chi connectivity index (χ4v) is 3.30. The zero-order chi connectivity index (χ0) is 20.1. The minimum absolute atomic E-state index is 0.112. The number of fused-ring (bicyclic) bond motifs is 1. The molecule has 0 aliphatic heterocycles. The molecule has 0 amide bonds. The molecule has 0 aliphatic rings. The summed E-state index contributed by atoms with van der Waals surface area (Å²) in [7, 11) is 0. The van der Waals surface area contributed by atoms with Crippen LogP contribution in [-0.2, 0) is 9.53 Å². The molecule has 1 heterocycles. The lowest BCUT2D eigenvalue weighted by Gasteiger charge is -2.16. The highest BCUT2D eigenvalue weighted by atomic mass is 16.5. The van der Waals surface area contributed by atoms with E-state index in [1.54, 1.807) is 43.3 Å². The van der Waals surface area contributed by atoms with E-state index >= 15 is 0 Å². The van der Waals surface area contributed by atoms with E-state index in [-0.39, 0.29) is 17.3 Å². The molecule has 2 N–H and O–H groups in total. The molecule has 28 heavy (non-hydrogen) atoms. The molecule has 1 unspecified atom stereocenters. The minimum atomic E-state index is -0.355. The van der Waals surface area contributed by atoms with Crippen LogP contribution < -0.4 is 11.2 Å². The average Bonchev–Trinajstić information content (AvgIpc) is 2.70. The summed E-state index contributed by atoms with van der Waals surface area (Å²) in [5.74, 6) is -0.595. The van der Waals surface area contributed by atoms with Gasteiger partial charge in [-0.25, -0.2) is 0 Å². The number of rotatable bonds is 7. The van der Waals surface area contributed by atoms with Crippen LogP contribution in [0.3, 0.4) is 0 Å². The summed E-state index contributed by atoms with van der Waals surface area (Å²) < 4.78 is 11.0. The highest BCUT2D eigenvalue weighted by Gasteiger charge is 2.22. The molecule has 0 saturated carbocycles. The normalized spacial score (nSPS) is 12.1. The van der Waals surface area contributed by atoms with Gasteiger partial charge in [-0.05, 0) is 48.7 Å². The van der Waals surface area contributed by atoms with Crippen molar-refractivity contribution in [3.63, 3.8) is 0 Å². The first-order chi connectivity index (χ1) is 13.5. The molecule has 0 radical (unpaired) electrons. The van der Waals surface area contributed by atoms with E-state index in [0.29, 0.717) is 35.2 Å². The van der Waals surface area contributed by atoms with Crippen LogP contribution in [0.2, 0.25) is 0 Å². The topological polar surface area (TPSA) is 82.5 Å². The van der Waals surface area contributed by atoms with Gasteiger partial charge in [-0.2, -0.15) is 0 Å². The number of anilines is 1. The monoisotopic (exact) mass is 379 g/mol. The summed E-state index contributed by atoms with van der Waals surface area (Å²) in [6.45, 7) is 4.22. The van der Waals surface area contributed by atoms with Gasteiger partial charge in [0.2, 0.25) is 0 Å². The predicted molar refractivity (Wildman–Crippen MR) is 111 cm³/mol. The molecular formula is C23H25NO4. The lowest BCUT2D eigenvalue weighted by molar-refractivity contribution is -0.145. The maximum absolute atomic E-state index is 12.9. The molecule has 0 aliphatic carbocycles. The third-order valence-electron chi connectivity index (χ3n) is 4.84. The minimum Gasteiger partial charge on any atom is -0.466 e. The number of hydrogen-bond acceptors (Lipinski definition) is 5. The lowest BCUT2D eigenvalue weighted by Crippen LogP contribution is -2.16. The van der Waals surface area contributed by atoms with Crippen molar-refractivity contribution in [1.82, 2.24) is 0 Å². The Labute approximate surface area is 164 Å². The van der Waals surface area contributed by atoms with E-state index in [1.807, 2.05) is 6.07 Å². The smallest absolute Gasteiger partial charge is 0.313 e. The van der Waals surface area contributed by atoms with Crippen LogP contribution in [0.1, 0.15) is 44.6 Å². The largest absolute Gasteiger partial charge is 0.466 e. The third kappa shape index (κ3) is 4.09. The Morgan fingerprint density at radius 3 is 2.57 bits per heavy atom. The molecule has 3 aromatic rings. The summed E-state index contributed by atoms with van der Waals surface area (Å²) in [6.07, 6.45) is 4.07. The molecule has 3 rings (SSSR count). The van der Waals surface area contributed by atoms with Crippen molar-refractivity contribution in [3.8, 4) is 11.1 Å². The first kappa shape index (κ1) is 19.7. The molecule has 1 atom stereocenters. The highest BCUT2D eigenvalue weighted by molar-refractivity contribution is 5.85. The van der Waals surface area contributed by atoms with Crippen LogP contribution in [0.25, 0.3) is 22.1 Å². The van der Waals surface area contributed by atoms with Crippen LogP contribution in [-0.4, -0.2) is 12.6 Å². The van der Waals surface area contributed by atoms with Gasteiger partial charge in [0, 0.05) is 5.69 Å². The molecule has 0 fully saturated rings. The Morgan fingerprint density at radius 1 is 1.14 bits per heavy atom. The van der Waals surface area contributed by atoms with Crippen molar-refractivity contribution in [2.24, 2.45) is 0 Å². The number of ether oxygens (including phenoxy) is 1. The fourth-order valence-electron chi connectivity index (χ4n) is 3.30. The van der Waals surface area contributed by atoms with Gasteiger partial charge >= 0.3 is 5.97 Å². The molecule has 0 saturated heterocycles. The zero-order valence-corrected chi connectivity index (χ0v) is 16.2. The Bertz CT molecular complexity index is 1020. The van der Waals surface area contributed by atoms with Gasteiger partial charge in [0.1, 0.15) is 11.8 Å². The standard InChI is InChI=1S/C23H25NO4/c1-3-5-6-18(23(26)27-4-2)16-9-12-19-21(13-16)28-14-20(22(19)25)15-7-10-17(24)11-8-15/h7-14,18H,3-6,24H2,1-2H3.